The molecule has 154 valence electrons. The van der Waals surface area contributed by atoms with Crippen LogP contribution in [0.3, 0.4) is 0 Å². The minimum absolute atomic E-state index is 0.260. The number of aliphatic imine (C=N–C) groups is 1. The van der Waals surface area contributed by atoms with Crippen LogP contribution in [0.4, 0.5) is 10.2 Å². The van der Waals surface area contributed by atoms with Gasteiger partial charge in [-0.25, -0.2) is 14.4 Å². The maximum Gasteiger partial charge on any atom is 0.145 e. The van der Waals surface area contributed by atoms with E-state index in [4.69, 9.17) is 4.74 Å². The third kappa shape index (κ3) is 4.71. The van der Waals surface area contributed by atoms with Gasteiger partial charge in [0.15, 0.2) is 0 Å². The summed E-state index contributed by atoms with van der Waals surface area (Å²) in [6.07, 6.45) is 5.34. The molecule has 0 aliphatic rings. The average Bonchev–Trinajstić information content (AvgIpc) is 2.75. The number of hydrogen-bond donors (Lipinski definition) is 1. The van der Waals surface area contributed by atoms with E-state index < -0.39 is 0 Å². The number of aromatic nitrogens is 2. The van der Waals surface area contributed by atoms with Gasteiger partial charge in [-0.05, 0) is 66.5 Å². The zero-order chi connectivity index (χ0) is 21.7. The summed E-state index contributed by atoms with van der Waals surface area (Å²) in [5.41, 5.74) is 5.19. The predicted octanol–water partition coefficient (Wildman–Crippen LogP) is 5.37. The van der Waals surface area contributed by atoms with Gasteiger partial charge >= 0.3 is 0 Å². The topological polar surface area (TPSA) is 59.4 Å². The van der Waals surface area contributed by atoms with Gasteiger partial charge in [-0.15, -0.1) is 0 Å². The molecule has 30 heavy (non-hydrogen) atoms. The maximum atomic E-state index is 13.6. The molecule has 0 fully saturated rings. The molecule has 5 nitrogen and oxygen atoms in total. The van der Waals surface area contributed by atoms with Gasteiger partial charge in [-0.1, -0.05) is 18.7 Å². The largest absolute Gasteiger partial charge is 0.494 e. The highest BCUT2D eigenvalue weighted by molar-refractivity contribution is 5.97. The Morgan fingerprint density at radius 2 is 2.03 bits per heavy atom. The monoisotopic (exact) mass is 404 g/mol. The number of nitrogens with one attached hydrogen (secondary N) is 1. The van der Waals surface area contributed by atoms with E-state index in [1.165, 1.54) is 18.5 Å². The van der Waals surface area contributed by atoms with Crippen molar-refractivity contribution in [2.24, 2.45) is 4.99 Å². The van der Waals surface area contributed by atoms with Gasteiger partial charge in [0.2, 0.25) is 0 Å². The molecule has 6 heteroatoms. The smallest absolute Gasteiger partial charge is 0.145 e. The first-order valence-corrected chi connectivity index (χ1v) is 9.55. The van der Waals surface area contributed by atoms with E-state index in [0.717, 1.165) is 33.4 Å². The van der Waals surface area contributed by atoms with Crippen molar-refractivity contribution in [3.63, 3.8) is 0 Å². The Morgan fingerprint density at radius 3 is 2.73 bits per heavy atom. The van der Waals surface area contributed by atoms with Crippen molar-refractivity contribution in [3.05, 3.63) is 72.3 Å². The summed E-state index contributed by atoms with van der Waals surface area (Å²) in [4.78, 5) is 12.9. The van der Waals surface area contributed by atoms with Crippen molar-refractivity contribution < 1.29 is 9.13 Å². The highest BCUT2D eigenvalue weighted by atomic mass is 19.1. The molecular formula is C24H25FN4O. The molecule has 0 atom stereocenters. The predicted molar refractivity (Wildman–Crippen MR) is 122 cm³/mol. The second-order valence-electron chi connectivity index (χ2n) is 6.97. The molecule has 1 aromatic heterocycles. The number of nitrogens with zero attached hydrogens (tertiary/aromatic N) is 3. The minimum Gasteiger partial charge on any atom is -0.494 e. The Morgan fingerprint density at radius 1 is 1.23 bits per heavy atom. The van der Waals surface area contributed by atoms with Crippen LogP contribution in [0.25, 0.3) is 22.0 Å². The first kappa shape index (κ1) is 21.2. The van der Waals surface area contributed by atoms with Gasteiger partial charge in [-0.3, -0.25) is 4.99 Å². The molecule has 0 spiro atoms. The molecule has 0 aliphatic carbocycles. The summed E-state index contributed by atoms with van der Waals surface area (Å²) in [6.45, 7) is 8.40. The van der Waals surface area contributed by atoms with E-state index in [0.29, 0.717) is 23.6 Å². The summed E-state index contributed by atoms with van der Waals surface area (Å²) in [7, 11) is 3.36. The summed E-state index contributed by atoms with van der Waals surface area (Å²) in [5.74, 6) is 1.05. The summed E-state index contributed by atoms with van der Waals surface area (Å²) >= 11 is 0. The summed E-state index contributed by atoms with van der Waals surface area (Å²) < 4.78 is 19.1. The Bertz CT molecular complexity index is 1150. The third-order valence-corrected chi connectivity index (χ3v) is 4.82. The van der Waals surface area contributed by atoms with Crippen LogP contribution in [0.2, 0.25) is 0 Å². The second kappa shape index (κ2) is 9.31. The first-order chi connectivity index (χ1) is 14.4. The molecule has 0 radical (unpaired) electrons. The number of hydrogen-bond acceptors (Lipinski definition) is 5. The lowest BCUT2D eigenvalue weighted by molar-refractivity contribution is 0.419. The zero-order valence-corrected chi connectivity index (χ0v) is 17.7. The summed E-state index contributed by atoms with van der Waals surface area (Å²) in [5, 5.41) is 4.14. The number of fused-ring (bicyclic) bond motifs is 1. The first-order valence-electron chi connectivity index (χ1n) is 9.55. The minimum atomic E-state index is -0.260. The SMILES string of the molecule is C=C(/C=C\C(C)=NC)CNc1ncnc2c(OC)cc(-c3ccc(F)cc3C)cc12. The van der Waals surface area contributed by atoms with Crippen LogP contribution in [0.1, 0.15) is 12.5 Å². The van der Waals surface area contributed by atoms with Crippen LogP contribution >= 0.6 is 0 Å². The van der Waals surface area contributed by atoms with Gasteiger partial charge in [0.05, 0.1) is 7.11 Å². The van der Waals surface area contributed by atoms with Crippen LogP contribution < -0.4 is 10.1 Å². The third-order valence-electron chi connectivity index (χ3n) is 4.82. The molecule has 0 aliphatic heterocycles. The maximum absolute atomic E-state index is 13.6. The van der Waals surface area contributed by atoms with E-state index in [1.807, 2.05) is 38.1 Å². The Kier molecular flexibility index (Phi) is 6.57. The molecule has 0 amide bonds. The average molecular weight is 404 g/mol. The van der Waals surface area contributed by atoms with E-state index in [9.17, 15) is 4.39 Å². The second-order valence-corrected chi connectivity index (χ2v) is 6.97. The Balaban J connectivity index is 2.00. The lowest BCUT2D eigenvalue weighted by Gasteiger charge is -2.14. The number of methoxy groups -OCH3 is 1. The van der Waals surface area contributed by atoms with Crippen molar-refractivity contribution in [3.8, 4) is 16.9 Å². The fourth-order valence-electron chi connectivity index (χ4n) is 3.11. The van der Waals surface area contributed by atoms with Crippen LogP contribution in [-0.2, 0) is 0 Å². The van der Waals surface area contributed by atoms with Gasteiger partial charge < -0.3 is 10.1 Å². The van der Waals surface area contributed by atoms with E-state index >= 15 is 0 Å². The number of allylic oxidation sites excluding steroid dienone is 1. The van der Waals surface area contributed by atoms with Crippen molar-refractivity contribution in [1.29, 1.82) is 0 Å². The van der Waals surface area contributed by atoms with E-state index in [1.54, 1.807) is 20.2 Å². The summed E-state index contributed by atoms with van der Waals surface area (Å²) in [6, 6.07) is 8.65. The number of rotatable bonds is 7. The van der Waals surface area contributed by atoms with Crippen molar-refractivity contribution in [2.45, 2.75) is 13.8 Å². The molecular weight excluding hydrogens is 379 g/mol. The quantitative estimate of drug-likeness (QED) is 0.425. The molecule has 0 saturated heterocycles. The molecule has 3 rings (SSSR count). The molecule has 0 unspecified atom stereocenters. The highest BCUT2D eigenvalue weighted by Gasteiger charge is 2.13. The van der Waals surface area contributed by atoms with Crippen LogP contribution in [0, 0.1) is 12.7 Å². The molecule has 0 saturated carbocycles. The van der Waals surface area contributed by atoms with Crippen molar-refractivity contribution in [2.75, 3.05) is 26.0 Å². The Labute approximate surface area is 176 Å². The van der Waals surface area contributed by atoms with Gasteiger partial charge in [0.1, 0.15) is 29.2 Å². The van der Waals surface area contributed by atoms with Crippen LogP contribution in [0.15, 0.2) is 66.0 Å². The lowest BCUT2D eigenvalue weighted by atomic mass is 9.98. The van der Waals surface area contributed by atoms with E-state index in [-0.39, 0.29) is 5.82 Å². The molecule has 0 bridgehead atoms. The van der Waals surface area contributed by atoms with Gasteiger partial charge in [-0.2, -0.15) is 0 Å². The molecule has 2 aromatic carbocycles. The fourth-order valence-corrected chi connectivity index (χ4v) is 3.11. The van der Waals surface area contributed by atoms with Gasteiger partial charge in [0.25, 0.3) is 0 Å². The van der Waals surface area contributed by atoms with Crippen molar-refractivity contribution >= 4 is 22.4 Å². The number of aryl methyl sites for hydroxylation is 1. The van der Waals surface area contributed by atoms with Crippen LogP contribution in [0.5, 0.6) is 5.75 Å². The zero-order valence-electron chi connectivity index (χ0n) is 17.7. The van der Waals surface area contributed by atoms with Crippen molar-refractivity contribution in [1.82, 2.24) is 9.97 Å². The molecule has 1 heterocycles. The normalized spacial score (nSPS) is 11.8. The van der Waals surface area contributed by atoms with Crippen LogP contribution in [-0.4, -0.2) is 36.4 Å². The number of ether oxygens (including phenoxy) is 1. The molecule has 1 N–H and O–H groups in total. The lowest BCUT2D eigenvalue weighted by Crippen LogP contribution is -2.06. The van der Waals surface area contributed by atoms with E-state index in [2.05, 4.69) is 26.9 Å². The van der Waals surface area contributed by atoms with Gasteiger partial charge in [0, 0.05) is 24.7 Å². The Hall–Kier alpha value is -3.54. The molecule has 3 aromatic rings. The number of benzene rings is 2. The highest BCUT2D eigenvalue weighted by Crippen LogP contribution is 2.35. The number of anilines is 1. The fraction of sp³-hybridized carbons (Fsp3) is 0.208. The number of halogens is 1. The standard InChI is InChI=1S/C24H25FN4O/c1-15(6-7-17(3)26-4)13-27-24-21-11-18(20-9-8-19(25)10-16(20)2)12-22(30-5)23(21)28-14-29-24/h6-12,14H,1,13H2,2-5H3,(H,27,28,29)/b7-6-,26-17?.